The van der Waals surface area contributed by atoms with Gasteiger partial charge in [-0.05, 0) is 65.4 Å². The van der Waals surface area contributed by atoms with Crippen molar-refractivity contribution in [1.82, 2.24) is 9.97 Å². The highest BCUT2D eigenvalue weighted by Crippen LogP contribution is 2.38. The SMILES string of the molecule is CCC[C@@H](CC(=O)c1ccc(-c2cc(Cl)ccc2-c2nc3ccc(OC)cc3[nH]2)c(C2=NC(=O)OC2)c1)c1ccccc1. The third-order valence-corrected chi connectivity index (χ3v) is 8.00. The van der Waals surface area contributed by atoms with Gasteiger partial charge in [0, 0.05) is 34.2 Å². The minimum atomic E-state index is -0.651. The predicted molar refractivity (Wildman–Crippen MR) is 169 cm³/mol. The van der Waals surface area contributed by atoms with Gasteiger partial charge in [-0.1, -0.05) is 67.4 Å². The average Bonchev–Trinajstić information content (AvgIpc) is 3.66. The number of aromatic amines is 1. The number of fused-ring (bicyclic) bond motifs is 1. The maximum Gasteiger partial charge on any atom is 0.434 e. The van der Waals surface area contributed by atoms with E-state index in [1.165, 1.54) is 0 Å². The number of amides is 1. The largest absolute Gasteiger partial charge is 0.497 e. The Balaban J connectivity index is 1.44. The second-order valence-electron chi connectivity index (χ2n) is 10.6. The Kier molecular flexibility index (Phi) is 8.07. The van der Waals surface area contributed by atoms with E-state index in [-0.39, 0.29) is 18.3 Å². The molecule has 0 saturated carbocycles. The summed E-state index contributed by atoms with van der Waals surface area (Å²) in [5.74, 6) is 1.51. The standard InChI is InChI=1S/C35H30ClN3O4/c1-3-7-22(21-8-5-4-6-9-21)17-33(40)23-10-13-26(29(16-23)32-20-43-35(41)39-32)28-18-24(36)11-14-27(28)34-37-30-15-12-25(42-2)19-31(30)38-34/h4-6,8-16,18-19,22H,3,7,17,20H2,1-2H3,(H,37,38)/t22-/m0/s1. The van der Waals surface area contributed by atoms with Gasteiger partial charge in [-0.25, -0.2) is 9.78 Å². The molecule has 1 amide bonds. The fourth-order valence-corrected chi connectivity index (χ4v) is 5.80. The molecule has 2 heterocycles. The number of methoxy groups -OCH3 is 1. The number of nitrogens with one attached hydrogen (secondary N) is 1. The van der Waals surface area contributed by atoms with Crippen LogP contribution in [0.3, 0.4) is 0 Å². The summed E-state index contributed by atoms with van der Waals surface area (Å²) in [4.78, 5) is 38.1. The highest BCUT2D eigenvalue weighted by atomic mass is 35.5. The highest BCUT2D eigenvalue weighted by molar-refractivity contribution is 6.31. The number of imidazole rings is 1. The van der Waals surface area contributed by atoms with Crippen LogP contribution in [-0.4, -0.2) is 41.3 Å². The highest BCUT2D eigenvalue weighted by Gasteiger charge is 2.25. The average molecular weight is 592 g/mol. The summed E-state index contributed by atoms with van der Waals surface area (Å²) >= 11 is 6.52. The van der Waals surface area contributed by atoms with Crippen molar-refractivity contribution in [1.29, 1.82) is 0 Å². The van der Waals surface area contributed by atoms with E-state index in [1.54, 1.807) is 7.11 Å². The van der Waals surface area contributed by atoms with Crippen molar-refractivity contribution < 1.29 is 19.1 Å². The molecule has 0 fully saturated rings. The van der Waals surface area contributed by atoms with Crippen molar-refractivity contribution in [3.8, 4) is 28.3 Å². The number of benzene rings is 4. The predicted octanol–water partition coefficient (Wildman–Crippen LogP) is 8.65. The minimum Gasteiger partial charge on any atom is -0.497 e. The molecule has 1 aliphatic heterocycles. The third-order valence-electron chi connectivity index (χ3n) is 7.77. The van der Waals surface area contributed by atoms with Gasteiger partial charge in [0.2, 0.25) is 0 Å². The van der Waals surface area contributed by atoms with Crippen LogP contribution in [0.15, 0.2) is 89.9 Å². The molecular formula is C35H30ClN3O4. The molecule has 43 heavy (non-hydrogen) atoms. The van der Waals surface area contributed by atoms with Crippen LogP contribution in [0.4, 0.5) is 4.79 Å². The summed E-state index contributed by atoms with van der Waals surface area (Å²) in [6.45, 7) is 2.15. The van der Waals surface area contributed by atoms with Crippen molar-refractivity contribution in [2.75, 3.05) is 13.7 Å². The van der Waals surface area contributed by atoms with Crippen molar-refractivity contribution in [3.63, 3.8) is 0 Å². The van der Waals surface area contributed by atoms with Crippen molar-refractivity contribution in [3.05, 3.63) is 107 Å². The Morgan fingerprint density at radius 3 is 2.53 bits per heavy atom. The number of nitrogens with zero attached hydrogens (tertiary/aromatic N) is 2. The first kappa shape index (κ1) is 28.4. The van der Waals surface area contributed by atoms with Crippen LogP contribution in [-0.2, 0) is 4.74 Å². The quantitative estimate of drug-likeness (QED) is 0.164. The lowest BCUT2D eigenvalue weighted by Crippen LogP contribution is -2.11. The van der Waals surface area contributed by atoms with E-state index in [4.69, 9.17) is 26.1 Å². The van der Waals surface area contributed by atoms with E-state index in [9.17, 15) is 9.59 Å². The first-order valence-electron chi connectivity index (χ1n) is 14.2. The fraction of sp³-hybridized carbons (Fsp3) is 0.200. The summed E-state index contributed by atoms with van der Waals surface area (Å²) in [6, 6.07) is 26.9. The van der Waals surface area contributed by atoms with Crippen molar-refractivity contribution in [2.24, 2.45) is 4.99 Å². The van der Waals surface area contributed by atoms with Gasteiger partial charge in [0.05, 0.1) is 23.9 Å². The summed E-state index contributed by atoms with van der Waals surface area (Å²) < 4.78 is 10.6. The van der Waals surface area contributed by atoms with Crippen LogP contribution < -0.4 is 4.74 Å². The molecular weight excluding hydrogens is 562 g/mol. The van der Waals surface area contributed by atoms with Crippen LogP contribution in [0.2, 0.25) is 5.02 Å². The molecule has 1 N–H and O–H groups in total. The molecule has 8 heteroatoms. The molecule has 7 nitrogen and oxygen atoms in total. The van der Waals surface area contributed by atoms with Gasteiger partial charge in [-0.2, -0.15) is 4.99 Å². The number of hydrogen-bond donors (Lipinski definition) is 1. The number of aromatic nitrogens is 2. The number of carbonyl (C=O) groups excluding carboxylic acids is 2. The molecule has 5 aromatic rings. The number of ketones is 1. The number of aliphatic imine (C=N–C) groups is 1. The lowest BCUT2D eigenvalue weighted by atomic mass is 9.86. The molecule has 1 aliphatic rings. The molecule has 0 unspecified atom stereocenters. The fourth-order valence-electron chi connectivity index (χ4n) is 5.63. The van der Waals surface area contributed by atoms with Gasteiger partial charge in [-0.3, -0.25) is 4.79 Å². The topological polar surface area (TPSA) is 93.6 Å². The van der Waals surface area contributed by atoms with Crippen molar-refractivity contribution in [2.45, 2.75) is 32.1 Å². The van der Waals surface area contributed by atoms with E-state index >= 15 is 0 Å². The Bertz CT molecular complexity index is 1860. The number of Topliss-reactive ketones (excluding diaryl/α,β-unsaturated/α-hetero) is 1. The Morgan fingerprint density at radius 1 is 0.977 bits per heavy atom. The molecule has 1 aromatic heterocycles. The lowest BCUT2D eigenvalue weighted by Gasteiger charge is -2.18. The maximum absolute atomic E-state index is 13.7. The van der Waals surface area contributed by atoms with E-state index in [0.29, 0.717) is 34.1 Å². The second-order valence-corrected chi connectivity index (χ2v) is 11.0. The summed E-state index contributed by atoms with van der Waals surface area (Å²) in [7, 11) is 1.62. The molecule has 0 saturated heterocycles. The molecule has 1 atom stereocenters. The number of rotatable bonds is 10. The third kappa shape index (κ3) is 5.94. The number of halogens is 1. The number of cyclic esters (lactones) is 1. The molecule has 0 spiro atoms. The molecule has 0 radical (unpaired) electrons. The minimum absolute atomic E-state index is 0.0201. The molecule has 6 rings (SSSR count). The molecule has 0 aliphatic carbocycles. The maximum atomic E-state index is 13.7. The first-order valence-corrected chi connectivity index (χ1v) is 14.6. The number of carbonyl (C=O) groups is 2. The van der Waals surface area contributed by atoms with Gasteiger partial charge in [0.25, 0.3) is 0 Å². The summed E-state index contributed by atoms with van der Waals surface area (Å²) in [5, 5.41) is 0.536. The summed E-state index contributed by atoms with van der Waals surface area (Å²) in [6.07, 6.45) is 1.61. The monoisotopic (exact) mass is 591 g/mol. The van der Waals surface area contributed by atoms with Gasteiger partial charge in [0.15, 0.2) is 5.78 Å². The zero-order chi connectivity index (χ0) is 29.9. The number of H-pyrrole nitrogens is 1. The second kappa shape index (κ2) is 12.2. The van der Waals surface area contributed by atoms with E-state index in [2.05, 4.69) is 29.0 Å². The molecule has 4 aromatic carbocycles. The van der Waals surface area contributed by atoms with Gasteiger partial charge in [-0.15, -0.1) is 0 Å². The van der Waals surface area contributed by atoms with E-state index < -0.39 is 6.09 Å². The first-order chi connectivity index (χ1) is 20.9. The number of hydrogen-bond acceptors (Lipinski definition) is 5. The van der Waals surface area contributed by atoms with Crippen LogP contribution in [0, 0.1) is 0 Å². The van der Waals surface area contributed by atoms with E-state index in [1.807, 2.05) is 72.8 Å². The Labute approximate surface area is 254 Å². The van der Waals surface area contributed by atoms with Crippen LogP contribution in [0.25, 0.3) is 33.5 Å². The zero-order valence-corrected chi connectivity index (χ0v) is 24.6. The van der Waals surface area contributed by atoms with Crippen LogP contribution in [0.5, 0.6) is 5.75 Å². The van der Waals surface area contributed by atoms with Crippen LogP contribution >= 0.6 is 11.6 Å². The smallest absolute Gasteiger partial charge is 0.434 e. The molecule has 0 bridgehead atoms. The van der Waals surface area contributed by atoms with Gasteiger partial charge >= 0.3 is 6.09 Å². The van der Waals surface area contributed by atoms with Gasteiger partial charge in [0.1, 0.15) is 18.2 Å². The lowest BCUT2D eigenvalue weighted by molar-refractivity contribution is 0.0972. The van der Waals surface area contributed by atoms with E-state index in [0.717, 1.165) is 51.9 Å². The summed E-state index contributed by atoms with van der Waals surface area (Å²) in [5.41, 5.74) is 6.77. The Morgan fingerprint density at radius 2 is 1.79 bits per heavy atom. The zero-order valence-electron chi connectivity index (χ0n) is 23.9. The Hall–Kier alpha value is -4.75. The van der Waals surface area contributed by atoms with Crippen LogP contribution in [0.1, 0.15) is 53.6 Å². The molecule has 216 valence electrons. The van der Waals surface area contributed by atoms with Crippen molar-refractivity contribution >= 4 is 40.2 Å². The van der Waals surface area contributed by atoms with Gasteiger partial charge < -0.3 is 14.5 Å². The normalized spacial score (nSPS) is 13.6. The number of ether oxygens (including phenoxy) is 2.